The lowest BCUT2D eigenvalue weighted by Gasteiger charge is -2.17. The predicted octanol–water partition coefficient (Wildman–Crippen LogP) is 2.03. The molecule has 1 aromatic carbocycles. The molecule has 0 atom stereocenters. The molecule has 0 saturated heterocycles. The largest absolute Gasteiger partial charge is 0.326 e. The molecule has 3 N–H and O–H groups in total. The highest BCUT2D eigenvalue weighted by atomic mass is 19.1. The summed E-state index contributed by atoms with van der Waals surface area (Å²) >= 11 is 0. The summed E-state index contributed by atoms with van der Waals surface area (Å²) in [6.45, 7) is 3.39. The Labute approximate surface area is 92.6 Å². The van der Waals surface area contributed by atoms with Crippen molar-refractivity contribution in [1.29, 1.82) is 0 Å². The lowest BCUT2D eigenvalue weighted by molar-refractivity contribution is -0.117. The molecule has 88 valence electrons. The molecule has 0 radical (unpaired) electrons. The molecule has 0 aliphatic heterocycles. The smallest absolute Gasteiger partial charge is 0.226 e. The van der Waals surface area contributed by atoms with Gasteiger partial charge in [-0.05, 0) is 26.0 Å². The fourth-order valence-corrected chi connectivity index (χ4v) is 1.24. The van der Waals surface area contributed by atoms with E-state index < -0.39 is 17.2 Å². The second kappa shape index (κ2) is 4.57. The number of carbonyl (C=O) groups excluding carboxylic acids is 1. The Balaban J connectivity index is 2.70. The average Bonchev–Trinajstić information content (AvgIpc) is 1.96. The molecule has 16 heavy (non-hydrogen) atoms. The molecule has 0 heterocycles. The van der Waals surface area contributed by atoms with E-state index in [1.165, 1.54) is 0 Å². The quantitative estimate of drug-likeness (QED) is 0.831. The number of amides is 1. The van der Waals surface area contributed by atoms with Crippen molar-refractivity contribution in [3.05, 3.63) is 29.8 Å². The maximum absolute atomic E-state index is 12.8. The number of benzene rings is 1. The predicted molar refractivity (Wildman–Crippen MR) is 57.9 cm³/mol. The standard InChI is InChI=1S/C11H14F2N2O/c1-11(2,14)6-10(16)15-9-4-7(12)3-8(13)5-9/h3-5H,6,14H2,1-2H3,(H,15,16). The number of anilines is 1. The first kappa shape index (κ1) is 12.6. The minimum absolute atomic E-state index is 0.0745. The van der Waals surface area contributed by atoms with Crippen LogP contribution >= 0.6 is 0 Å². The van der Waals surface area contributed by atoms with Gasteiger partial charge in [0.2, 0.25) is 5.91 Å². The third-order valence-corrected chi connectivity index (χ3v) is 1.76. The molecule has 1 rings (SSSR count). The van der Waals surface area contributed by atoms with Gasteiger partial charge in [-0.3, -0.25) is 4.79 Å². The third-order valence-electron chi connectivity index (χ3n) is 1.76. The van der Waals surface area contributed by atoms with E-state index in [0.717, 1.165) is 18.2 Å². The van der Waals surface area contributed by atoms with E-state index in [-0.39, 0.29) is 18.0 Å². The highest BCUT2D eigenvalue weighted by molar-refractivity contribution is 5.91. The van der Waals surface area contributed by atoms with Gasteiger partial charge in [-0.15, -0.1) is 0 Å². The van der Waals surface area contributed by atoms with Crippen LogP contribution in [0.25, 0.3) is 0 Å². The zero-order valence-corrected chi connectivity index (χ0v) is 9.18. The van der Waals surface area contributed by atoms with E-state index in [4.69, 9.17) is 5.73 Å². The summed E-state index contributed by atoms with van der Waals surface area (Å²) in [4.78, 5) is 11.4. The number of nitrogens with one attached hydrogen (secondary N) is 1. The first-order valence-corrected chi connectivity index (χ1v) is 4.81. The lowest BCUT2D eigenvalue weighted by Crippen LogP contribution is -2.36. The normalized spacial score (nSPS) is 11.3. The Morgan fingerprint density at radius 2 is 1.81 bits per heavy atom. The van der Waals surface area contributed by atoms with E-state index in [0.29, 0.717) is 0 Å². The summed E-state index contributed by atoms with van der Waals surface area (Å²) in [5.74, 6) is -1.85. The summed E-state index contributed by atoms with van der Waals surface area (Å²) in [5.41, 5.74) is 5.07. The maximum Gasteiger partial charge on any atom is 0.226 e. The lowest BCUT2D eigenvalue weighted by atomic mass is 10.0. The molecule has 0 fully saturated rings. The van der Waals surface area contributed by atoms with Gasteiger partial charge in [0, 0.05) is 23.7 Å². The zero-order valence-electron chi connectivity index (χ0n) is 9.18. The number of hydrogen-bond acceptors (Lipinski definition) is 2. The zero-order chi connectivity index (χ0) is 12.3. The summed E-state index contributed by atoms with van der Waals surface area (Å²) in [5, 5.41) is 2.38. The second-order valence-electron chi connectivity index (χ2n) is 4.37. The Kier molecular flexibility index (Phi) is 3.59. The molecule has 0 spiro atoms. The SMILES string of the molecule is CC(C)(N)CC(=O)Nc1cc(F)cc(F)c1. The van der Waals surface area contributed by atoms with Crippen LogP contribution in [0.4, 0.5) is 14.5 Å². The van der Waals surface area contributed by atoms with Gasteiger partial charge in [-0.1, -0.05) is 0 Å². The highest BCUT2D eigenvalue weighted by Crippen LogP contribution is 2.14. The van der Waals surface area contributed by atoms with Gasteiger partial charge in [0.1, 0.15) is 11.6 Å². The van der Waals surface area contributed by atoms with Gasteiger partial charge < -0.3 is 11.1 Å². The molecule has 0 aliphatic carbocycles. The van der Waals surface area contributed by atoms with Crippen LogP contribution < -0.4 is 11.1 Å². The van der Waals surface area contributed by atoms with E-state index >= 15 is 0 Å². The van der Waals surface area contributed by atoms with Crippen molar-refractivity contribution in [3.63, 3.8) is 0 Å². The molecular formula is C11H14F2N2O. The van der Waals surface area contributed by atoms with Crippen LogP contribution in [0.3, 0.4) is 0 Å². The van der Waals surface area contributed by atoms with Crippen molar-refractivity contribution in [3.8, 4) is 0 Å². The van der Waals surface area contributed by atoms with Crippen LogP contribution in [0.1, 0.15) is 20.3 Å². The summed E-state index contributed by atoms with van der Waals surface area (Å²) < 4.78 is 25.6. The van der Waals surface area contributed by atoms with Gasteiger partial charge in [0.25, 0.3) is 0 Å². The molecule has 0 aromatic heterocycles. The van der Waals surface area contributed by atoms with Crippen molar-refractivity contribution in [1.82, 2.24) is 0 Å². The second-order valence-corrected chi connectivity index (χ2v) is 4.37. The topological polar surface area (TPSA) is 55.1 Å². The Bertz CT molecular complexity index is 379. The number of carbonyl (C=O) groups is 1. The third kappa shape index (κ3) is 4.35. The Hall–Kier alpha value is -1.49. The van der Waals surface area contributed by atoms with Crippen LogP contribution in [0.15, 0.2) is 18.2 Å². The minimum Gasteiger partial charge on any atom is -0.326 e. The van der Waals surface area contributed by atoms with Gasteiger partial charge >= 0.3 is 0 Å². The first-order chi connectivity index (χ1) is 7.26. The van der Waals surface area contributed by atoms with Crippen LogP contribution in [0.5, 0.6) is 0 Å². The molecule has 1 amide bonds. The number of nitrogens with two attached hydrogens (primary N) is 1. The Morgan fingerprint density at radius 3 is 2.25 bits per heavy atom. The number of rotatable bonds is 3. The van der Waals surface area contributed by atoms with Gasteiger partial charge in [-0.2, -0.15) is 0 Å². The summed E-state index contributed by atoms with van der Waals surface area (Å²) in [6.07, 6.45) is 0.0745. The van der Waals surface area contributed by atoms with E-state index in [2.05, 4.69) is 5.32 Å². The van der Waals surface area contributed by atoms with Crippen molar-refractivity contribution >= 4 is 11.6 Å². The van der Waals surface area contributed by atoms with Crippen molar-refractivity contribution in [2.45, 2.75) is 25.8 Å². The molecular weight excluding hydrogens is 214 g/mol. The molecule has 0 bridgehead atoms. The van der Waals surface area contributed by atoms with Crippen LogP contribution in [0.2, 0.25) is 0 Å². The van der Waals surface area contributed by atoms with Crippen molar-refractivity contribution in [2.24, 2.45) is 5.73 Å². The fraction of sp³-hybridized carbons (Fsp3) is 0.364. The molecule has 1 aromatic rings. The van der Waals surface area contributed by atoms with Gasteiger partial charge in [0.05, 0.1) is 0 Å². The fourth-order valence-electron chi connectivity index (χ4n) is 1.24. The van der Waals surface area contributed by atoms with Crippen LogP contribution in [-0.4, -0.2) is 11.4 Å². The van der Waals surface area contributed by atoms with Crippen molar-refractivity contribution in [2.75, 3.05) is 5.32 Å². The monoisotopic (exact) mass is 228 g/mol. The summed E-state index contributed by atoms with van der Waals surface area (Å²) in [6, 6.07) is 2.83. The average molecular weight is 228 g/mol. The number of hydrogen-bond donors (Lipinski definition) is 2. The van der Waals surface area contributed by atoms with Crippen LogP contribution in [-0.2, 0) is 4.79 Å². The van der Waals surface area contributed by atoms with E-state index in [1.54, 1.807) is 13.8 Å². The molecule has 0 saturated carbocycles. The summed E-state index contributed by atoms with van der Waals surface area (Å²) in [7, 11) is 0. The van der Waals surface area contributed by atoms with Gasteiger partial charge in [0.15, 0.2) is 0 Å². The number of halogens is 2. The first-order valence-electron chi connectivity index (χ1n) is 4.81. The molecule has 0 unspecified atom stereocenters. The van der Waals surface area contributed by atoms with Gasteiger partial charge in [-0.25, -0.2) is 8.78 Å². The minimum atomic E-state index is -0.734. The molecule has 5 heteroatoms. The van der Waals surface area contributed by atoms with E-state index in [1.807, 2.05) is 0 Å². The Morgan fingerprint density at radius 1 is 1.31 bits per heavy atom. The highest BCUT2D eigenvalue weighted by Gasteiger charge is 2.16. The molecule has 3 nitrogen and oxygen atoms in total. The van der Waals surface area contributed by atoms with Crippen LogP contribution in [0, 0.1) is 11.6 Å². The van der Waals surface area contributed by atoms with Crippen molar-refractivity contribution < 1.29 is 13.6 Å². The maximum atomic E-state index is 12.8. The molecule has 0 aliphatic rings. The van der Waals surface area contributed by atoms with E-state index in [9.17, 15) is 13.6 Å².